The Kier molecular flexibility index (Phi) is 7.41. The highest BCUT2D eigenvalue weighted by Gasteiger charge is 2.35. The molecule has 29 heavy (non-hydrogen) atoms. The summed E-state index contributed by atoms with van der Waals surface area (Å²) in [6.07, 6.45) is 3.83. The fourth-order valence-corrected chi connectivity index (χ4v) is 4.08. The first-order chi connectivity index (χ1) is 13.6. The van der Waals surface area contributed by atoms with Crippen LogP contribution < -0.4 is 9.64 Å². The van der Waals surface area contributed by atoms with Crippen LogP contribution >= 0.6 is 12.4 Å². The number of benzene rings is 1. The maximum absolute atomic E-state index is 12.0. The lowest BCUT2D eigenvalue weighted by atomic mass is 10.1. The Morgan fingerprint density at radius 1 is 1.03 bits per heavy atom. The number of amides is 2. The number of imide groups is 1. The van der Waals surface area contributed by atoms with Gasteiger partial charge in [-0.3, -0.25) is 19.4 Å². The molecule has 3 fully saturated rings. The normalized spacial score (nSPS) is 22.7. The van der Waals surface area contributed by atoms with Gasteiger partial charge >= 0.3 is 0 Å². The summed E-state index contributed by atoms with van der Waals surface area (Å²) < 4.78 is 6.07. The van der Waals surface area contributed by atoms with E-state index >= 15 is 0 Å². The summed E-state index contributed by atoms with van der Waals surface area (Å²) in [5, 5.41) is 0. The SMILES string of the molecule is CC1CC(=O)N(CCCN2CCN(c3ccccc3OCC3CC3)CC2)C1=O.Cl. The number of carbonyl (C=O) groups excluding carboxylic acids is 2. The number of halogens is 1. The second kappa shape index (κ2) is 9.81. The summed E-state index contributed by atoms with van der Waals surface area (Å²) in [5.41, 5.74) is 1.20. The van der Waals surface area contributed by atoms with Gasteiger partial charge in [-0.25, -0.2) is 0 Å². The zero-order valence-electron chi connectivity index (χ0n) is 17.2. The van der Waals surface area contributed by atoms with Crippen LogP contribution in [0.25, 0.3) is 0 Å². The number of carbonyl (C=O) groups is 2. The van der Waals surface area contributed by atoms with Crippen LogP contribution in [0, 0.1) is 11.8 Å². The van der Waals surface area contributed by atoms with E-state index in [1.165, 1.54) is 23.4 Å². The van der Waals surface area contributed by atoms with Gasteiger partial charge in [-0.1, -0.05) is 19.1 Å². The molecule has 0 bridgehead atoms. The molecule has 0 spiro atoms. The third-order valence-electron chi connectivity index (χ3n) is 6.08. The summed E-state index contributed by atoms with van der Waals surface area (Å²) in [7, 11) is 0. The predicted octanol–water partition coefficient (Wildman–Crippen LogP) is 2.80. The highest BCUT2D eigenvalue weighted by molar-refractivity contribution is 6.03. The van der Waals surface area contributed by atoms with Gasteiger partial charge in [0.15, 0.2) is 0 Å². The van der Waals surface area contributed by atoms with Gasteiger partial charge in [-0.05, 0) is 43.9 Å². The minimum Gasteiger partial charge on any atom is -0.491 e. The van der Waals surface area contributed by atoms with Gasteiger partial charge in [-0.15, -0.1) is 12.4 Å². The standard InChI is InChI=1S/C22H31N3O3.ClH/c1-17-15-21(26)25(22(17)27)10-4-9-23-11-13-24(14-12-23)19-5-2-3-6-20(19)28-16-18-7-8-18;/h2-3,5-6,17-18H,4,7-16H2,1H3;1H. The molecule has 1 aromatic rings. The van der Waals surface area contributed by atoms with E-state index in [9.17, 15) is 9.59 Å². The Morgan fingerprint density at radius 3 is 2.41 bits per heavy atom. The van der Waals surface area contributed by atoms with E-state index in [1.54, 1.807) is 0 Å². The van der Waals surface area contributed by atoms with Crippen LogP contribution in [0.4, 0.5) is 5.69 Å². The van der Waals surface area contributed by atoms with E-state index in [0.717, 1.165) is 57.4 Å². The first-order valence-corrected chi connectivity index (χ1v) is 10.6. The summed E-state index contributed by atoms with van der Waals surface area (Å²) >= 11 is 0. The van der Waals surface area contributed by atoms with Crippen molar-refractivity contribution >= 4 is 29.9 Å². The van der Waals surface area contributed by atoms with Crippen molar-refractivity contribution < 1.29 is 14.3 Å². The largest absolute Gasteiger partial charge is 0.491 e. The van der Waals surface area contributed by atoms with E-state index in [-0.39, 0.29) is 30.1 Å². The Balaban J connectivity index is 0.00000240. The molecule has 160 valence electrons. The van der Waals surface area contributed by atoms with Crippen LogP contribution in [0.5, 0.6) is 5.75 Å². The molecule has 0 radical (unpaired) electrons. The number of ether oxygens (including phenoxy) is 1. The lowest BCUT2D eigenvalue weighted by Gasteiger charge is -2.37. The molecule has 1 unspecified atom stereocenters. The molecule has 6 nitrogen and oxygen atoms in total. The molecule has 7 heteroatoms. The summed E-state index contributed by atoms with van der Waals surface area (Å²) in [6, 6.07) is 8.36. The van der Waals surface area contributed by atoms with Crippen LogP contribution in [-0.2, 0) is 9.59 Å². The molecule has 1 saturated carbocycles. The molecule has 2 amide bonds. The average molecular weight is 422 g/mol. The summed E-state index contributed by atoms with van der Waals surface area (Å²) in [6.45, 7) is 8.10. The molecule has 1 aliphatic carbocycles. The van der Waals surface area contributed by atoms with Gasteiger partial charge in [-0.2, -0.15) is 0 Å². The maximum atomic E-state index is 12.0. The van der Waals surface area contributed by atoms with Crippen LogP contribution in [0.2, 0.25) is 0 Å². The Hall–Kier alpha value is -1.79. The molecule has 2 aliphatic heterocycles. The minimum atomic E-state index is -0.141. The molecule has 3 aliphatic rings. The number of hydrogen-bond donors (Lipinski definition) is 0. The Bertz CT molecular complexity index is 717. The predicted molar refractivity (Wildman–Crippen MR) is 116 cm³/mol. The summed E-state index contributed by atoms with van der Waals surface area (Å²) in [5.74, 6) is 1.60. The maximum Gasteiger partial charge on any atom is 0.232 e. The molecule has 2 heterocycles. The second-order valence-corrected chi connectivity index (χ2v) is 8.39. The van der Waals surface area contributed by atoms with Crippen molar-refractivity contribution in [3.8, 4) is 5.75 Å². The van der Waals surface area contributed by atoms with Gasteiger partial charge in [0.05, 0.1) is 12.3 Å². The van der Waals surface area contributed by atoms with Crippen molar-refractivity contribution in [1.82, 2.24) is 9.80 Å². The molecule has 1 aromatic carbocycles. The fourth-order valence-electron chi connectivity index (χ4n) is 4.08. The topological polar surface area (TPSA) is 53.1 Å². The number of rotatable bonds is 8. The van der Waals surface area contributed by atoms with Gasteiger partial charge in [0, 0.05) is 45.1 Å². The van der Waals surface area contributed by atoms with E-state index < -0.39 is 0 Å². The Labute approximate surface area is 179 Å². The first kappa shape index (κ1) is 21.9. The number of para-hydroxylation sites is 2. The second-order valence-electron chi connectivity index (χ2n) is 8.39. The van der Waals surface area contributed by atoms with Crippen LogP contribution in [0.15, 0.2) is 24.3 Å². The van der Waals surface area contributed by atoms with Crippen LogP contribution in [-0.4, -0.2) is 67.5 Å². The molecule has 4 rings (SSSR count). The van der Waals surface area contributed by atoms with Gasteiger partial charge in [0.1, 0.15) is 5.75 Å². The van der Waals surface area contributed by atoms with Gasteiger partial charge < -0.3 is 9.64 Å². The van der Waals surface area contributed by atoms with Crippen molar-refractivity contribution in [2.45, 2.75) is 32.6 Å². The number of anilines is 1. The fraction of sp³-hybridized carbons (Fsp3) is 0.636. The third-order valence-corrected chi connectivity index (χ3v) is 6.08. The molecular formula is C22H32ClN3O3. The molecule has 2 saturated heterocycles. The average Bonchev–Trinajstić information content (AvgIpc) is 3.50. The molecule has 0 N–H and O–H groups in total. The van der Waals surface area contributed by atoms with Crippen molar-refractivity contribution in [1.29, 1.82) is 0 Å². The number of piperazine rings is 1. The van der Waals surface area contributed by atoms with Crippen molar-refractivity contribution in [3.05, 3.63) is 24.3 Å². The quantitative estimate of drug-likeness (QED) is 0.604. The van der Waals surface area contributed by atoms with E-state index in [2.05, 4.69) is 28.0 Å². The highest BCUT2D eigenvalue weighted by Crippen LogP contribution is 2.33. The number of likely N-dealkylation sites (tertiary alicyclic amines) is 1. The van der Waals surface area contributed by atoms with Crippen molar-refractivity contribution in [2.24, 2.45) is 11.8 Å². The van der Waals surface area contributed by atoms with Crippen molar-refractivity contribution in [2.75, 3.05) is 50.8 Å². The minimum absolute atomic E-state index is 0. The molecule has 0 aromatic heterocycles. The zero-order valence-corrected chi connectivity index (χ0v) is 18.0. The van der Waals surface area contributed by atoms with Gasteiger partial charge in [0.25, 0.3) is 0 Å². The lowest BCUT2D eigenvalue weighted by molar-refractivity contribution is -0.139. The highest BCUT2D eigenvalue weighted by atomic mass is 35.5. The lowest BCUT2D eigenvalue weighted by Crippen LogP contribution is -2.47. The Morgan fingerprint density at radius 2 is 1.76 bits per heavy atom. The van der Waals surface area contributed by atoms with E-state index in [1.807, 2.05) is 13.0 Å². The number of hydrogen-bond acceptors (Lipinski definition) is 5. The monoisotopic (exact) mass is 421 g/mol. The summed E-state index contributed by atoms with van der Waals surface area (Å²) in [4.78, 5) is 30.2. The van der Waals surface area contributed by atoms with Crippen LogP contribution in [0.3, 0.4) is 0 Å². The van der Waals surface area contributed by atoms with Gasteiger partial charge in [0.2, 0.25) is 11.8 Å². The first-order valence-electron chi connectivity index (χ1n) is 10.6. The zero-order chi connectivity index (χ0) is 19.5. The van der Waals surface area contributed by atoms with E-state index in [4.69, 9.17) is 4.74 Å². The molecule has 1 atom stereocenters. The van der Waals surface area contributed by atoms with Crippen molar-refractivity contribution in [3.63, 3.8) is 0 Å². The number of nitrogens with zero attached hydrogens (tertiary/aromatic N) is 3. The van der Waals surface area contributed by atoms with E-state index in [0.29, 0.717) is 13.0 Å². The smallest absolute Gasteiger partial charge is 0.232 e. The van der Waals surface area contributed by atoms with Crippen LogP contribution in [0.1, 0.15) is 32.6 Å². The third kappa shape index (κ3) is 5.43. The molecular weight excluding hydrogens is 390 g/mol.